The van der Waals surface area contributed by atoms with E-state index in [2.05, 4.69) is 52.3 Å². The smallest absolute Gasteiger partial charge is 0.0705 e. The molecule has 0 aliphatic carbocycles. The number of morpholine rings is 1. The van der Waals surface area contributed by atoms with E-state index in [4.69, 9.17) is 4.74 Å². The van der Waals surface area contributed by atoms with Gasteiger partial charge < -0.3 is 4.74 Å². The maximum Gasteiger partial charge on any atom is 0.0705 e. The van der Waals surface area contributed by atoms with Crippen molar-refractivity contribution >= 4 is 0 Å². The third-order valence-electron chi connectivity index (χ3n) is 3.98. The summed E-state index contributed by atoms with van der Waals surface area (Å²) in [4.78, 5) is 6.55. The summed E-state index contributed by atoms with van der Waals surface area (Å²) in [6.07, 6.45) is 6.26. The Morgan fingerprint density at radius 3 is 2.67 bits per heavy atom. The van der Waals surface area contributed by atoms with E-state index in [1.807, 2.05) is 12.4 Å². The first-order valence-electron chi connectivity index (χ1n) is 7.67. The Morgan fingerprint density at radius 2 is 1.86 bits per heavy atom. The van der Waals surface area contributed by atoms with Crippen LogP contribution in [0.1, 0.15) is 17.5 Å². The summed E-state index contributed by atoms with van der Waals surface area (Å²) in [6, 6.07) is 14.8. The molecule has 110 valence electrons. The van der Waals surface area contributed by atoms with Gasteiger partial charge in [-0.25, -0.2) is 0 Å². The SMILES string of the molecule is c1ccc(CC[C@H]2CN(Cc3ccncc3)CCO2)cc1. The summed E-state index contributed by atoms with van der Waals surface area (Å²) in [6.45, 7) is 3.87. The molecule has 0 bridgehead atoms. The molecule has 0 saturated carbocycles. The summed E-state index contributed by atoms with van der Waals surface area (Å²) in [5.41, 5.74) is 2.72. The number of hydrogen-bond acceptors (Lipinski definition) is 3. The zero-order chi connectivity index (χ0) is 14.3. The minimum absolute atomic E-state index is 0.348. The van der Waals surface area contributed by atoms with Gasteiger partial charge in [-0.3, -0.25) is 9.88 Å². The summed E-state index contributed by atoms with van der Waals surface area (Å²) < 4.78 is 5.91. The number of rotatable bonds is 5. The van der Waals surface area contributed by atoms with Crippen LogP contribution in [0, 0.1) is 0 Å². The Balaban J connectivity index is 1.49. The highest BCUT2D eigenvalue weighted by atomic mass is 16.5. The minimum atomic E-state index is 0.348. The third kappa shape index (κ3) is 4.38. The molecule has 1 fully saturated rings. The molecule has 0 unspecified atom stereocenters. The highest BCUT2D eigenvalue weighted by molar-refractivity contribution is 5.14. The first kappa shape index (κ1) is 14.2. The predicted octanol–water partition coefficient (Wildman–Crippen LogP) is 2.92. The standard InChI is InChI=1S/C18H22N2O/c1-2-4-16(5-3-1)6-7-18-15-20(12-13-21-18)14-17-8-10-19-11-9-17/h1-5,8-11,18H,6-7,12-15H2/t18-/m0/s1. The van der Waals surface area contributed by atoms with E-state index in [1.165, 1.54) is 11.1 Å². The van der Waals surface area contributed by atoms with Crippen LogP contribution in [0.15, 0.2) is 54.9 Å². The topological polar surface area (TPSA) is 25.4 Å². The van der Waals surface area contributed by atoms with Crippen LogP contribution in [0.3, 0.4) is 0 Å². The minimum Gasteiger partial charge on any atom is -0.376 e. The van der Waals surface area contributed by atoms with Gasteiger partial charge in [-0.2, -0.15) is 0 Å². The van der Waals surface area contributed by atoms with Crippen LogP contribution < -0.4 is 0 Å². The number of hydrogen-bond donors (Lipinski definition) is 0. The molecule has 1 saturated heterocycles. The summed E-state index contributed by atoms with van der Waals surface area (Å²) in [5, 5.41) is 0. The zero-order valence-electron chi connectivity index (χ0n) is 12.3. The fourth-order valence-corrected chi connectivity index (χ4v) is 2.82. The Bertz CT molecular complexity index is 529. The second-order valence-electron chi connectivity index (χ2n) is 5.61. The van der Waals surface area contributed by atoms with E-state index < -0.39 is 0 Å². The Morgan fingerprint density at radius 1 is 1.05 bits per heavy atom. The molecule has 1 atom stereocenters. The predicted molar refractivity (Wildman–Crippen MR) is 84.0 cm³/mol. The van der Waals surface area contributed by atoms with Gasteiger partial charge in [0.1, 0.15) is 0 Å². The molecule has 2 heterocycles. The van der Waals surface area contributed by atoms with E-state index in [0.717, 1.165) is 39.1 Å². The van der Waals surface area contributed by atoms with Crippen molar-refractivity contribution in [1.82, 2.24) is 9.88 Å². The monoisotopic (exact) mass is 282 g/mol. The van der Waals surface area contributed by atoms with Gasteiger partial charge in [0.05, 0.1) is 12.7 Å². The van der Waals surface area contributed by atoms with Gasteiger partial charge in [-0.1, -0.05) is 30.3 Å². The van der Waals surface area contributed by atoms with Crippen molar-refractivity contribution < 1.29 is 4.74 Å². The molecular formula is C18H22N2O. The largest absolute Gasteiger partial charge is 0.376 e. The normalized spacial score (nSPS) is 19.5. The van der Waals surface area contributed by atoms with Crippen molar-refractivity contribution in [3.63, 3.8) is 0 Å². The van der Waals surface area contributed by atoms with E-state index >= 15 is 0 Å². The number of ether oxygens (including phenoxy) is 1. The maximum atomic E-state index is 5.91. The van der Waals surface area contributed by atoms with Crippen LogP contribution in [0.5, 0.6) is 0 Å². The van der Waals surface area contributed by atoms with Gasteiger partial charge in [0.2, 0.25) is 0 Å². The molecule has 3 nitrogen and oxygen atoms in total. The molecule has 21 heavy (non-hydrogen) atoms. The van der Waals surface area contributed by atoms with E-state index in [1.54, 1.807) is 0 Å². The molecule has 2 aromatic rings. The van der Waals surface area contributed by atoms with Crippen molar-refractivity contribution in [2.45, 2.75) is 25.5 Å². The van der Waals surface area contributed by atoms with E-state index in [0.29, 0.717) is 6.10 Å². The highest BCUT2D eigenvalue weighted by Gasteiger charge is 2.20. The Hall–Kier alpha value is -1.71. The fraction of sp³-hybridized carbons (Fsp3) is 0.389. The summed E-state index contributed by atoms with van der Waals surface area (Å²) in [7, 11) is 0. The quantitative estimate of drug-likeness (QED) is 0.843. The van der Waals surface area contributed by atoms with Crippen LogP contribution in [0.4, 0.5) is 0 Å². The van der Waals surface area contributed by atoms with Gasteiger partial charge in [-0.05, 0) is 36.1 Å². The van der Waals surface area contributed by atoms with Crippen molar-refractivity contribution in [3.8, 4) is 0 Å². The second-order valence-corrected chi connectivity index (χ2v) is 5.61. The molecule has 0 radical (unpaired) electrons. The van der Waals surface area contributed by atoms with Crippen LogP contribution in [-0.4, -0.2) is 35.7 Å². The molecule has 1 aliphatic heterocycles. The lowest BCUT2D eigenvalue weighted by Crippen LogP contribution is -2.42. The van der Waals surface area contributed by atoms with Crippen molar-refractivity contribution in [1.29, 1.82) is 0 Å². The van der Waals surface area contributed by atoms with Gasteiger partial charge in [0.15, 0.2) is 0 Å². The second kappa shape index (κ2) is 7.34. The van der Waals surface area contributed by atoms with E-state index in [9.17, 15) is 0 Å². The van der Waals surface area contributed by atoms with Crippen LogP contribution >= 0.6 is 0 Å². The van der Waals surface area contributed by atoms with E-state index in [-0.39, 0.29) is 0 Å². The van der Waals surface area contributed by atoms with Gasteiger partial charge in [0, 0.05) is 32.0 Å². The van der Waals surface area contributed by atoms with Crippen molar-refractivity contribution in [3.05, 3.63) is 66.0 Å². The molecule has 0 N–H and O–H groups in total. The maximum absolute atomic E-state index is 5.91. The lowest BCUT2D eigenvalue weighted by molar-refractivity contribution is -0.0345. The van der Waals surface area contributed by atoms with Gasteiger partial charge in [-0.15, -0.1) is 0 Å². The Kier molecular flexibility index (Phi) is 4.98. The van der Waals surface area contributed by atoms with Crippen molar-refractivity contribution in [2.24, 2.45) is 0 Å². The number of pyridine rings is 1. The summed E-state index contributed by atoms with van der Waals surface area (Å²) in [5.74, 6) is 0. The van der Waals surface area contributed by atoms with Gasteiger partial charge >= 0.3 is 0 Å². The first-order chi connectivity index (χ1) is 10.4. The molecule has 3 rings (SSSR count). The number of nitrogens with zero attached hydrogens (tertiary/aromatic N) is 2. The van der Waals surface area contributed by atoms with Crippen LogP contribution in [0.2, 0.25) is 0 Å². The summed E-state index contributed by atoms with van der Waals surface area (Å²) >= 11 is 0. The molecule has 0 amide bonds. The first-order valence-corrected chi connectivity index (χ1v) is 7.67. The lowest BCUT2D eigenvalue weighted by atomic mass is 10.1. The van der Waals surface area contributed by atoms with Crippen LogP contribution in [-0.2, 0) is 17.7 Å². The zero-order valence-corrected chi connectivity index (χ0v) is 12.3. The Labute approximate surface area is 126 Å². The van der Waals surface area contributed by atoms with Crippen LogP contribution in [0.25, 0.3) is 0 Å². The molecule has 0 spiro atoms. The molecule has 1 aromatic carbocycles. The van der Waals surface area contributed by atoms with Crippen molar-refractivity contribution in [2.75, 3.05) is 19.7 Å². The fourth-order valence-electron chi connectivity index (χ4n) is 2.82. The third-order valence-corrected chi connectivity index (χ3v) is 3.98. The molecule has 1 aliphatic rings. The lowest BCUT2D eigenvalue weighted by Gasteiger charge is -2.33. The number of aryl methyl sites for hydroxylation is 1. The number of aromatic nitrogens is 1. The average Bonchev–Trinajstić information content (AvgIpc) is 2.55. The highest BCUT2D eigenvalue weighted by Crippen LogP contribution is 2.14. The number of benzene rings is 1. The molecule has 3 heteroatoms. The van der Waals surface area contributed by atoms with Gasteiger partial charge in [0.25, 0.3) is 0 Å². The average molecular weight is 282 g/mol. The molecule has 1 aromatic heterocycles. The molecular weight excluding hydrogens is 260 g/mol.